The molecular formula is C21H16ClNO2. The summed E-state index contributed by atoms with van der Waals surface area (Å²) < 4.78 is 0. The van der Waals surface area contributed by atoms with Gasteiger partial charge in [-0.2, -0.15) is 0 Å². The van der Waals surface area contributed by atoms with E-state index in [1.807, 2.05) is 60.7 Å². The molecule has 0 saturated heterocycles. The lowest BCUT2D eigenvalue weighted by molar-refractivity contribution is 0.475. The van der Waals surface area contributed by atoms with Gasteiger partial charge in [0.2, 0.25) is 0 Å². The van der Waals surface area contributed by atoms with Gasteiger partial charge in [0.05, 0.1) is 5.69 Å². The zero-order chi connectivity index (χ0) is 16.5. The molecule has 0 fully saturated rings. The lowest BCUT2D eigenvalue weighted by Gasteiger charge is -2.05. The summed E-state index contributed by atoms with van der Waals surface area (Å²) in [7, 11) is 0. The molecule has 1 heterocycles. The van der Waals surface area contributed by atoms with E-state index in [1.165, 1.54) is 0 Å². The van der Waals surface area contributed by atoms with E-state index in [0.29, 0.717) is 5.52 Å². The molecule has 0 amide bonds. The van der Waals surface area contributed by atoms with Gasteiger partial charge in [0, 0.05) is 10.9 Å². The number of halogens is 1. The molecule has 4 rings (SSSR count). The Morgan fingerprint density at radius 3 is 2.32 bits per heavy atom. The normalized spacial score (nSPS) is 11.0. The van der Waals surface area contributed by atoms with E-state index < -0.39 is 0 Å². The van der Waals surface area contributed by atoms with Gasteiger partial charge in [0.1, 0.15) is 17.0 Å². The molecule has 0 atom stereocenters. The summed E-state index contributed by atoms with van der Waals surface area (Å²) in [5, 5.41) is 23.1. The highest BCUT2D eigenvalue weighted by Crippen LogP contribution is 2.29. The van der Waals surface area contributed by atoms with Crippen molar-refractivity contribution in [2.45, 2.75) is 0 Å². The molecule has 4 heteroatoms. The van der Waals surface area contributed by atoms with Crippen molar-refractivity contribution in [1.82, 2.24) is 4.98 Å². The molecule has 0 unspecified atom stereocenters. The fourth-order valence-corrected chi connectivity index (χ4v) is 2.87. The van der Waals surface area contributed by atoms with Crippen molar-refractivity contribution in [2.24, 2.45) is 0 Å². The Hall–Kier alpha value is -3.04. The summed E-state index contributed by atoms with van der Waals surface area (Å²) in [5.41, 5.74) is 2.05. The molecule has 3 aromatic carbocycles. The molecule has 124 valence electrons. The predicted molar refractivity (Wildman–Crippen MR) is 105 cm³/mol. The number of phenols is 2. The predicted octanol–water partition coefficient (Wildman–Crippen LogP) is 5.39. The fourth-order valence-electron chi connectivity index (χ4n) is 2.87. The van der Waals surface area contributed by atoms with Crippen LogP contribution in [0.1, 0.15) is 11.3 Å². The van der Waals surface area contributed by atoms with Crippen LogP contribution in [0.3, 0.4) is 0 Å². The maximum absolute atomic E-state index is 10.2. The number of phenolic OH excluding ortho intramolecular Hbond substituents is 2. The van der Waals surface area contributed by atoms with E-state index in [-0.39, 0.29) is 23.9 Å². The standard InChI is InChI=1S/C21H15NO2.ClH/c23-19-13-9-14-4-1-2-6-17(14)18(19)12-11-16-10-8-15-5-3-7-20(24)21(15)22-16;/h1-13,23-24H;1H. The van der Waals surface area contributed by atoms with E-state index in [1.54, 1.807) is 18.2 Å². The van der Waals surface area contributed by atoms with Gasteiger partial charge in [-0.15, -0.1) is 12.4 Å². The molecule has 4 aromatic rings. The highest BCUT2D eigenvalue weighted by Gasteiger charge is 2.04. The van der Waals surface area contributed by atoms with Gasteiger partial charge in [-0.05, 0) is 41.1 Å². The number of rotatable bonds is 2. The quantitative estimate of drug-likeness (QED) is 0.510. The molecular weight excluding hydrogens is 334 g/mol. The van der Waals surface area contributed by atoms with Crippen molar-refractivity contribution in [3.05, 3.63) is 78.0 Å². The fraction of sp³-hybridized carbons (Fsp3) is 0. The van der Waals surface area contributed by atoms with Crippen molar-refractivity contribution in [3.63, 3.8) is 0 Å². The Balaban J connectivity index is 0.00000182. The van der Waals surface area contributed by atoms with Crippen LogP contribution in [-0.4, -0.2) is 15.2 Å². The van der Waals surface area contributed by atoms with Crippen molar-refractivity contribution < 1.29 is 10.2 Å². The number of para-hydroxylation sites is 1. The largest absolute Gasteiger partial charge is 0.507 e. The van der Waals surface area contributed by atoms with Crippen LogP contribution in [0.15, 0.2) is 66.7 Å². The molecule has 0 saturated carbocycles. The minimum Gasteiger partial charge on any atom is -0.507 e. The third kappa shape index (κ3) is 3.14. The molecule has 0 aliphatic carbocycles. The minimum atomic E-state index is 0. The van der Waals surface area contributed by atoms with Crippen LogP contribution in [0.5, 0.6) is 11.5 Å². The van der Waals surface area contributed by atoms with Crippen LogP contribution in [0, 0.1) is 0 Å². The maximum atomic E-state index is 10.2. The van der Waals surface area contributed by atoms with Gasteiger partial charge in [0.25, 0.3) is 0 Å². The summed E-state index contributed by atoms with van der Waals surface area (Å²) in [4.78, 5) is 4.48. The molecule has 0 aliphatic rings. The first-order valence-corrected chi connectivity index (χ1v) is 7.70. The Labute approximate surface area is 151 Å². The van der Waals surface area contributed by atoms with Crippen LogP contribution in [0.25, 0.3) is 33.8 Å². The highest BCUT2D eigenvalue weighted by atomic mass is 35.5. The van der Waals surface area contributed by atoms with Crippen molar-refractivity contribution in [2.75, 3.05) is 0 Å². The first kappa shape index (κ1) is 16.8. The van der Waals surface area contributed by atoms with E-state index in [9.17, 15) is 10.2 Å². The zero-order valence-electron chi connectivity index (χ0n) is 13.3. The number of hydrogen-bond acceptors (Lipinski definition) is 3. The van der Waals surface area contributed by atoms with E-state index in [4.69, 9.17) is 0 Å². The Kier molecular flexibility index (Phi) is 4.59. The molecule has 0 aliphatic heterocycles. The average Bonchev–Trinajstić information content (AvgIpc) is 2.61. The maximum Gasteiger partial charge on any atom is 0.141 e. The summed E-state index contributed by atoms with van der Waals surface area (Å²) >= 11 is 0. The molecule has 0 radical (unpaired) electrons. The monoisotopic (exact) mass is 349 g/mol. The summed E-state index contributed by atoms with van der Waals surface area (Å²) in [6.07, 6.45) is 3.69. The van der Waals surface area contributed by atoms with Crippen LogP contribution in [0.2, 0.25) is 0 Å². The molecule has 3 nitrogen and oxygen atoms in total. The molecule has 1 aromatic heterocycles. The first-order valence-electron chi connectivity index (χ1n) is 7.70. The van der Waals surface area contributed by atoms with Gasteiger partial charge in [-0.3, -0.25) is 0 Å². The molecule has 2 N–H and O–H groups in total. The second-order valence-electron chi connectivity index (χ2n) is 5.64. The highest BCUT2D eigenvalue weighted by molar-refractivity contribution is 5.95. The average molecular weight is 350 g/mol. The van der Waals surface area contributed by atoms with Crippen LogP contribution in [0.4, 0.5) is 0 Å². The summed E-state index contributed by atoms with van der Waals surface area (Å²) in [6, 6.07) is 20.6. The second kappa shape index (κ2) is 6.83. The molecule has 25 heavy (non-hydrogen) atoms. The molecule has 0 bridgehead atoms. The van der Waals surface area contributed by atoms with Gasteiger partial charge in [0.15, 0.2) is 0 Å². The minimum absolute atomic E-state index is 0. The number of aromatic nitrogens is 1. The van der Waals surface area contributed by atoms with Crippen molar-refractivity contribution in [1.29, 1.82) is 0 Å². The Morgan fingerprint density at radius 2 is 1.44 bits per heavy atom. The first-order chi connectivity index (χ1) is 11.7. The number of hydrogen-bond donors (Lipinski definition) is 2. The lowest BCUT2D eigenvalue weighted by atomic mass is 10.0. The van der Waals surface area contributed by atoms with Crippen LogP contribution in [-0.2, 0) is 0 Å². The third-order valence-electron chi connectivity index (χ3n) is 4.09. The number of benzene rings is 3. The second-order valence-corrected chi connectivity index (χ2v) is 5.64. The lowest BCUT2D eigenvalue weighted by Crippen LogP contribution is -1.84. The van der Waals surface area contributed by atoms with Crippen molar-refractivity contribution in [3.8, 4) is 11.5 Å². The van der Waals surface area contributed by atoms with Gasteiger partial charge in [-0.25, -0.2) is 4.98 Å². The Morgan fingerprint density at radius 1 is 0.680 bits per heavy atom. The van der Waals surface area contributed by atoms with E-state index in [0.717, 1.165) is 27.4 Å². The number of fused-ring (bicyclic) bond motifs is 2. The summed E-state index contributed by atoms with van der Waals surface area (Å²) in [6.45, 7) is 0. The zero-order valence-corrected chi connectivity index (χ0v) is 14.1. The summed E-state index contributed by atoms with van der Waals surface area (Å²) in [5.74, 6) is 0.393. The number of aromatic hydroxyl groups is 2. The van der Waals surface area contributed by atoms with Gasteiger partial charge >= 0.3 is 0 Å². The van der Waals surface area contributed by atoms with Crippen LogP contribution >= 0.6 is 12.4 Å². The smallest absolute Gasteiger partial charge is 0.141 e. The third-order valence-corrected chi connectivity index (χ3v) is 4.09. The van der Waals surface area contributed by atoms with E-state index >= 15 is 0 Å². The van der Waals surface area contributed by atoms with Gasteiger partial charge in [-0.1, -0.05) is 48.5 Å². The van der Waals surface area contributed by atoms with Crippen LogP contribution < -0.4 is 0 Å². The Bertz CT molecular complexity index is 1090. The van der Waals surface area contributed by atoms with Gasteiger partial charge < -0.3 is 10.2 Å². The topological polar surface area (TPSA) is 53.4 Å². The number of pyridine rings is 1. The van der Waals surface area contributed by atoms with E-state index in [2.05, 4.69) is 4.98 Å². The SMILES string of the molecule is Cl.Oc1ccc2ccccc2c1C=Cc1ccc2cccc(O)c2n1. The number of nitrogens with zero attached hydrogens (tertiary/aromatic N) is 1. The van der Waals surface area contributed by atoms with Crippen molar-refractivity contribution >= 4 is 46.2 Å². The molecule has 0 spiro atoms.